The molecule has 2 aromatic carbocycles. The first-order valence-electron chi connectivity index (χ1n) is 8.14. The van der Waals surface area contributed by atoms with Crippen LogP contribution in [0.2, 0.25) is 0 Å². The molecule has 0 spiro atoms. The lowest BCUT2D eigenvalue weighted by molar-refractivity contribution is -0.138. The first-order chi connectivity index (χ1) is 11.8. The number of hydrogen-bond acceptors (Lipinski definition) is 3. The van der Waals surface area contributed by atoms with Gasteiger partial charge in [-0.2, -0.15) is 0 Å². The molecular weight excluding hydrogens is 316 g/mol. The van der Waals surface area contributed by atoms with Gasteiger partial charge in [-0.25, -0.2) is 5.01 Å². The number of hydrogen-bond donors (Lipinski definition) is 1. The minimum atomic E-state index is -0.566. The standard InChI is InChI=1S/C20H24N2O3/c1-20(2,3)22(18(23)14-15-10-6-5-7-11-15)21-19(24)16-12-8-9-13-17(16)25-4/h5-13H,14H2,1-4H3,(H,21,24). The normalized spacial score (nSPS) is 10.9. The average Bonchev–Trinajstić information content (AvgIpc) is 2.59. The highest BCUT2D eigenvalue weighted by molar-refractivity contribution is 5.98. The number of rotatable bonds is 4. The van der Waals surface area contributed by atoms with E-state index in [-0.39, 0.29) is 18.2 Å². The topological polar surface area (TPSA) is 58.6 Å². The van der Waals surface area contributed by atoms with Crippen molar-refractivity contribution in [3.8, 4) is 5.75 Å². The number of hydrazine groups is 1. The van der Waals surface area contributed by atoms with Crippen LogP contribution in [0.3, 0.4) is 0 Å². The van der Waals surface area contributed by atoms with Crippen LogP contribution in [-0.4, -0.2) is 29.5 Å². The van der Waals surface area contributed by atoms with Gasteiger partial charge in [-0.1, -0.05) is 42.5 Å². The highest BCUT2D eigenvalue weighted by Crippen LogP contribution is 2.19. The van der Waals surface area contributed by atoms with Gasteiger partial charge in [0.25, 0.3) is 5.91 Å². The fourth-order valence-electron chi connectivity index (χ4n) is 2.45. The number of para-hydroxylation sites is 1. The van der Waals surface area contributed by atoms with Gasteiger partial charge in [-0.05, 0) is 38.5 Å². The minimum Gasteiger partial charge on any atom is -0.496 e. The van der Waals surface area contributed by atoms with Crippen molar-refractivity contribution in [1.82, 2.24) is 10.4 Å². The maximum absolute atomic E-state index is 12.8. The smallest absolute Gasteiger partial charge is 0.273 e. The van der Waals surface area contributed by atoms with E-state index in [1.807, 2.05) is 51.1 Å². The molecular formula is C20H24N2O3. The van der Waals surface area contributed by atoms with Crippen LogP contribution in [0.5, 0.6) is 5.75 Å². The van der Waals surface area contributed by atoms with Crippen LogP contribution >= 0.6 is 0 Å². The number of ether oxygens (including phenoxy) is 1. The van der Waals surface area contributed by atoms with E-state index in [4.69, 9.17) is 4.74 Å². The van der Waals surface area contributed by atoms with Gasteiger partial charge >= 0.3 is 0 Å². The molecule has 0 fully saturated rings. The zero-order chi connectivity index (χ0) is 18.4. The summed E-state index contributed by atoms with van der Waals surface area (Å²) in [7, 11) is 1.51. The van der Waals surface area contributed by atoms with Crippen LogP contribution in [0.15, 0.2) is 54.6 Å². The molecule has 0 aliphatic carbocycles. The summed E-state index contributed by atoms with van der Waals surface area (Å²) in [5.74, 6) is -0.0971. The first kappa shape index (κ1) is 18.5. The Kier molecular flexibility index (Phi) is 5.80. The molecule has 132 valence electrons. The molecule has 0 unspecified atom stereocenters. The van der Waals surface area contributed by atoms with Gasteiger partial charge in [0, 0.05) is 0 Å². The van der Waals surface area contributed by atoms with Crippen LogP contribution < -0.4 is 10.2 Å². The summed E-state index contributed by atoms with van der Waals surface area (Å²) in [5, 5.41) is 1.38. The van der Waals surface area contributed by atoms with Gasteiger partial charge in [0.1, 0.15) is 5.75 Å². The third kappa shape index (κ3) is 4.83. The van der Waals surface area contributed by atoms with Crippen LogP contribution in [0, 0.1) is 0 Å². The summed E-state index contributed by atoms with van der Waals surface area (Å²) in [6.45, 7) is 5.62. The van der Waals surface area contributed by atoms with Crippen molar-refractivity contribution in [3.63, 3.8) is 0 Å². The average molecular weight is 340 g/mol. The van der Waals surface area contributed by atoms with E-state index in [1.54, 1.807) is 24.3 Å². The van der Waals surface area contributed by atoms with E-state index in [9.17, 15) is 9.59 Å². The Morgan fingerprint density at radius 2 is 1.60 bits per heavy atom. The van der Waals surface area contributed by atoms with Crippen molar-refractivity contribution in [2.45, 2.75) is 32.7 Å². The van der Waals surface area contributed by atoms with Crippen molar-refractivity contribution < 1.29 is 14.3 Å². The van der Waals surface area contributed by atoms with E-state index < -0.39 is 5.54 Å². The zero-order valence-electron chi connectivity index (χ0n) is 15.1. The molecule has 2 rings (SSSR count). The molecule has 0 atom stereocenters. The Labute approximate surface area is 148 Å². The van der Waals surface area contributed by atoms with Crippen molar-refractivity contribution in [1.29, 1.82) is 0 Å². The molecule has 0 aliphatic rings. The Bertz CT molecular complexity index is 736. The molecule has 0 aromatic heterocycles. The van der Waals surface area contributed by atoms with Crippen LogP contribution in [0.1, 0.15) is 36.7 Å². The maximum Gasteiger partial charge on any atom is 0.273 e. The molecule has 2 aromatic rings. The van der Waals surface area contributed by atoms with Crippen LogP contribution in [0.25, 0.3) is 0 Å². The van der Waals surface area contributed by atoms with Crippen molar-refractivity contribution in [2.24, 2.45) is 0 Å². The lowest BCUT2D eigenvalue weighted by atomic mass is 10.1. The molecule has 1 N–H and O–H groups in total. The highest BCUT2D eigenvalue weighted by Gasteiger charge is 2.29. The Morgan fingerprint density at radius 3 is 2.20 bits per heavy atom. The first-order valence-corrected chi connectivity index (χ1v) is 8.14. The second kappa shape index (κ2) is 7.83. The van der Waals surface area contributed by atoms with E-state index in [0.717, 1.165) is 5.56 Å². The third-order valence-corrected chi connectivity index (χ3v) is 3.68. The highest BCUT2D eigenvalue weighted by atomic mass is 16.5. The lowest BCUT2D eigenvalue weighted by Gasteiger charge is -2.35. The van der Waals surface area contributed by atoms with E-state index in [0.29, 0.717) is 11.3 Å². The fraction of sp³-hybridized carbons (Fsp3) is 0.300. The van der Waals surface area contributed by atoms with Gasteiger partial charge in [0.2, 0.25) is 5.91 Å². The molecule has 5 heteroatoms. The number of nitrogens with one attached hydrogen (secondary N) is 1. The zero-order valence-corrected chi connectivity index (χ0v) is 15.1. The lowest BCUT2D eigenvalue weighted by Crippen LogP contribution is -2.56. The maximum atomic E-state index is 12.8. The molecule has 0 heterocycles. The Hall–Kier alpha value is -2.82. The molecule has 0 aliphatic heterocycles. The molecule has 5 nitrogen and oxygen atoms in total. The number of carbonyl (C=O) groups is 2. The predicted molar refractivity (Wildman–Crippen MR) is 97.2 cm³/mol. The Morgan fingerprint density at radius 1 is 1.00 bits per heavy atom. The molecule has 0 saturated carbocycles. The van der Waals surface area contributed by atoms with E-state index >= 15 is 0 Å². The molecule has 0 bridgehead atoms. The number of amides is 2. The predicted octanol–water partition coefficient (Wildman–Crippen LogP) is 3.21. The van der Waals surface area contributed by atoms with E-state index in [2.05, 4.69) is 5.43 Å². The summed E-state index contributed by atoms with van der Waals surface area (Å²) < 4.78 is 5.23. The Balaban J connectivity index is 2.20. The monoisotopic (exact) mass is 340 g/mol. The second-order valence-electron chi connectivity index (χ2n) is 6.70. The quantitative estimate of drug-likeness (QED) is 0.870. The molecule has 25 heavy (non-hydrogen) atoms. The number of carbonyl (C=O) groups excluding carboxylic acids is 2. The molecule has 0 saturated heterocycles. The summed E-state index contributed by atoms with van der Waals surface area (Å²) in [6.07, 6.45) is 0.213. The fourth-order valence-corrected chi connectivity index (χ4v) is 2.45. The number of nitrogens with zero attached hydrogens (tertiary/aromatic N) is 1. The third-order valence-electron chi connectivity index (χ3n) is 3.68. The second-order valence-corrected chi connectivity index (χ2v) is 6.70. The summed E-state index contributed by atoms with van der Waals surface area (Å²) in [5.41, 5.74) is 3.44. The number of methoxy groups -OCH3 is 1. The molecule has 2 amide bonds. The number of benzene rings is 2. The SMILES string of the molecule is COc1ccccc1C(=O)NN(C(=O)Cc1ccccc1)C(C)(C)C. The summed E-state index contributed by atoms with van der Waals surface area (Å²) in [4.78, 5) is 25.4. The summed E-state index contributed by atoms with van der Waals surface area (Å²) in [6, 6.07) is 16.4. The van der Waals surface area contributed by atoms with Crippen LogP contribution in [0.4, 0.5) is 0 Å². The van der Waals surface area contributed by atoms with Crippen molar-refractivity contribution in [3.05, 3.63) is 65.7 Å². The van der Waals surface area contributed by atoms with Crippen molar-refractivity contribution >= 4 is 11.8 Å². The largest absolute Gasteiger partial charge is 0.496 e. The van der Waals surface area contributed by atoms with E-state index in [1.165, 1.54) is 12.1 Å². The van der Waals surface area contributed by atoms with Crippen molar-refractivity contribution in [2.75, 3.05) is 7.11 Å². The van der Waals surface area contributed by atoms with Gasteiger partial charge in [0.15, 0.2) is 0 Å². The summed E-state index contributed by atoms with van der Waals surface area (Å²) >= 11 is 0. The van der Waals surface area contributed by atoms with Gasteiger partial charge in [0.05, 0.1) is 24.6 Å². The molecule has 0 radical (unpaired) electrons. The van der Waals surface area contributed by atoms with Gasteiger partial charge < -0.3 is 4.74 Å². The minimum absolute atomic E-state index is 0.179. The van der Waals surface area contributed by atoms with Gasteiger partial charge in [-0.3, -0.25) is 15.0 Å². The van der Waals surface area contributed by atoms with Crippen LogP contribution in [-0.2, 0) is 11.2 Å². The van der Waals surface area contributed by atoms with Gasteiger partial charge in [-0.15, -0.1) is 0 Å².